The monoisotopic (exact) mass is 471 g/mol. The molecule has 1 aliphatic heterocycles. The number of anilines is 1. The van der Waals surface area contributed by atoms with Crippen LogP contribution in [0.4, 0.5) is 5.82 Å². The van der Waals surface area contributed by atoms with Crippen molar-refractivity contribution in [2.75, 3.05) is 18.1 Å². The molecule has 3 aromatic heterocycles. The van der Waals surface area contributed by atoms with E-state index in [-0.39, 0.29) is 5.41 Å². The summed E-state index contributed by atoms with van der Waals surface area (Å²) in [5.74, 6) is 2.02. The molecule has 0 fully saturated rings. The number of nitrogens with zero attached hydrogens (tertiary/aromatic N) is 5. The summed E-state index contributed by atoms with van der Waals surface area (Å²) in [5, 5.41) is 1.13. The number of thiazole rings is 1. The van der Waals surface area contributed by atoms with Crippen LogP contribution < -0.4 is 9.64 Å². The van der Waals surface area contributed by atoms with Crippen LogP contribution in [0, 0.1) is 5.41 Å². The molecule has 0 bridgehead atoms. The maximum atomic E-state index is 6.15. The molecular weight excluding hydrogens is 442 g/mol. The summed E-state index contributed by atoms with van der Waals surface area (Å²) in [6.07, 6.45) is 7.83. The van der Waals surface area contributed by atoms with Crippen molar-refractivity contribution < 1.29 is 4.74 Å². The Bertz CT molecular complexity index is 1380. The van der Waals surface area contributed by atoms with E-state index in [4.69, 9.17) is 14.7 Å². The van der Waals surface area contributed by atoms with Crippen LogP contribution in [0.15, 0.2) is 36.8 Å². The maximum absolute atomic E-state index is 6.15. The number of aryl methyl sites for hydroxylation is 2. The van der Waals surface area contributed by atoms with Gasteiger partial charge in [-0.05, 0) is 54.9 Å². The number of hydrogen-bond acceptors (Lipinski definition) is 7. The van der Waals surface area contributed by atoms with Gasteiger partial charge in [0.05, 0.1) is 11.6 Å². The van der Waals surface area contributed by atoms with Crippen LogP contribution in [0.3, 0.4) is 0 Å². The van der Waals surface area contributed by atoms with E-state index in [1.165, 1.54) is 23.2 Å². The molecule has 0 saturated heterocycles. The van der Waals surface area contributed by atoms with Crippen LogP contribution in [0.25, 0.3) is 21.5 Å². The molecule has 34 heavy (non-hydrogen) atoms. The first-order chi connectivity index (χ1) is 16.5. The molecular formula is C27H29N5OS. The Kier molecular flexibility index (Phi) is 5.25. The first kappa shape index (κ1) is 21.5. The van der Waals surface area contributed by atoms with Crippen LogP contribution in [0.2, 0.25) is 0 Å². The minimum absolute atomic E-state index is 0.277. The standard InChI is InChI=1S/C27H29N5OS/c1-4-24-31-22-12-18(14-28-26(22)34-24)17-5-6-23-19(11-17)15-32(9-10-33-23)25-20-13-27(2,3)8-7-21(20)29-16-30-25/h5-6,11-12,14,16H,4,7-10,13,15H2,1-3H3. The minimum Gasteiger partial charge on any atom is -0.491 e. The largest absolute Gasteiger partial charge is 0.491 e. The zero-order chi connectivity index (χ0) is 23.3. The predicted molar refractivity (Wildman–Crippen MR) is 137 cm³/mol. The van der Waals surface area contributed by atoms with Crippen LogP contribution in [-0.2, 0) is 25.8 Å². The summed E-state index contributed by atoms with van der Waals surface area (Å²) in [5.41, 5.74) is 7.16. The normalized spacial score (nSPS) is 17.1. The van der Waals surface area contributed by atoms with Gasteiger partial charge in [0.15, 0.2) is 0 Å². The van der Waals surface area contributed by atoms with Crippen molar-refractivity contribution in [2.24, 2.45) is 5.41 Å². The lowest BCUT2D eigenvalue weighted by Gasteiger charge is -2.33. The third-order valence-corrected chi connectivity index (χ3v) is 8.10. The predicted octanol–water partition coefficient (Wildman–Crippen LogP) is 5.62. The van der Waals surface area contributed by atoms with Gasteiger partial charge in [-0.2, -0.15) is 0 Å². The Hall–Kier alpha value is -3.06. The van der Waals surface area contributed by atoms with Gasteiger partial charge < -0.3 is 9.64 Å². The van der Waals surface area contributed by atoms with Gasteiger partial charge in [0.2, 0.25) is 0 Å². The highest BCUT2D eigenvalue weighted by molar-refractivity contribution is 7.18. The molecule has 0 radical (unpaired) electrons. The molecule has 1 aliphatic carbocycles. The molecule has 0 atom stereocenters. The van der Waals surface area contributed by atoms with Gasteiger partial charge in [0.25, 0.3) is 0 Å². The molecule has 6 rings (SSSR count). The van der Waals surface area contributed by atoms with E-state index >= 15 is 0 Å². The van der Waals surface area contributed by atoms with Crippen molar-refractivity contribution in [1.82, 2.24) is 19.9 Å². The van der Waals surface area contributed by atoms with Crippen molar-refractivity contribution in [3.63, 3.8) is 0 Å². The summed E-state index contributed by atoms with van der Waals surface area (Å²) in [6.45, 7) is 9.03. The molecule has 4 heterocycles. The molecule has 0 unspecified atom stereocenters. The Morgan fingerprint density at radius 3 is 2.91 bits per heavy atom. The van der Waals surface area contributed by atoms with E-state index in [0.29, 0.717) is 6.61 Å². The Balaban J connectivity index is 1.35. The molecule has 4 aromatic rings. The molecule has 1 aromatic carbocycles. The van der Waals surface area contributed by atoms with E-state index < -0.39 is 0 Å². The van der Waals surface area contributed by atoms with Gasteiger partial charge in [-0.3, -0.25) is 0 Å². The lowest BCUT2D eigenvalue weighted by molar-refractivity contribution is 0.310. The highest BCUT2D eigenvalue weighted by atomic mass is 32.1. The second kappa shape index (κ2) is 8.31. The fourth-order valence-corrected chi connectivity index (χ4v) is 5.89. The van der Waals surface area contributed by atoms with Crippen molar-refractivity contribution >= 4 is 27.5 Å². The molecule has 174 valence electrons. The average Bonchev–Trinajstić information content (AvgIpc) is 3.14. The number of fused-ring (bicyclic) bond motifs is 3. The fraction of sp³-hybridized carbons (Fsp3) is 0.407. The third kappa shape index (κ3) is 3.92. The first-order valence-corrected chi connectivity index (χ1v) is 12.9. The second-order valence-electron chi connectivity index (χ2n) is 10.1. The van der Waals surface area contributed by atoms with Crippen LogP contribution in [0.1, 0.15) is 49.0 Å². The van der Waals surface area contributed by atoms with E-state index in [1.54, 1.807) is 17.7 Å². The van der Waals surface area contributed by atoms with E-state index in [2.05, 4.69) is 59.9 Å². The zero-order valence-electron chi connectivity index (χ0n) is 20.0. The Morgan fingerprint density at radius 1 is 1.12 bits per heavy atom. The van der Waals surface area contributed by atoms with E-state index in [1.807, 2.05) is 6.20 Å². The molecule has 7 heteroatoms. The quantitative estimate of drug-likeness (QED) is 0.386. The summed E-state index contributed by atoms with van der Waals surface area (Å²) >= 11 is 1.67. The van der Waals surface area contributed by atoms with E-state index in [0.717, 1.165) is 70.4 Å². The zero-order valence-corrected chi connectivity index (χ0v) is 20.8. The SMILES string of the molecule is CCc1nc2cc(-c3ccc4c(c3)CN(c3ncnc5c3CC(C)(C)CC5)CCO4)cnc2s1. The number of benzene rings is 1. The maximum Gasteiger partial charge on any atom is 0.143 e. The van der Waals surface area contributed by atoms with Crippen LogP contribution >= 0.6 is 11.3 Å². The van der Waals surface area contributed by atoms with Gasteiger partial charge in [-0.25, -0.2) is 19.9 Å². The number of ether oxygens (including phenoxy) is 1. The van der Waals surface area contributed by atoms with Gasteiger partial charge in [-0.15, -0.1) is 0 Å². The number of hydrogen-bond donors (Lipinski definition) is 0. The molecule has 0 spiro atoms. The van der Waals surface area contributed by atoms with Gasteiger partial charge in [-0.1, -0.05) is 38.2 Å². The van der Waals surface area contributed by atoms with Crippen LogP contribution in [0.5, 0.6) is 5.75 Å². The van der Waals surface area contributed by atoms with E-state index in [9.17, 15) is 0 Å². The van der Waals surface area contributed by atoms with Crippen molar-refractivity contribution in [3.8, 4) is 16.9 Å². The second-order valence-corrected chi connectivity index (χ2v) is 11.1. The lowest BCUT2D eigenvalue weighted by atomic mass is 9.76. The Labute approximate surface area is 204 Å². The molecule has 2 aliphatic rings. The average molecular weight is 472 g/mol. The lowest BCUT2D eigenvalue weighted by Crippen LogP contribution is -2.31. The van der Waals surface area contributed by atoms with Gasteiger partial charge in [0.1, 0.15) is 34.8 Å². The third-order valence-electron chi connectivity index (χ3n) is 6.97. The van der Waals surface area contributed by atoms with Crippen LogP contribution in [-0.4, -0.2) is 33.1 Å². The first-order valence-electron chi connectivity index (χ1n) is 12.1. The number of rotatable bonds is 3. The van der Waals surface area contributed by atoms with Gasteiger partial charge >= 0.3 is 0 Å². The smallest absolute Gasteiger partial charge is 0.143 e. The fourth-order valence-electron chi connectivity index (χ4n) is 5.06. The van der Waals surface area contributed by atoms with Gasteiger partial charge in [0, 0.05) is 35.1 Å². The van der Waals surface area contributed by atoms with Crippen molar-refractivity contribution in [1.29, 1.82) is 0 Å². The molecule has 0 N–H and O–H groups in total. The summed E-state index contributed by atoms with van der Waals surface area (Å²) < 4.78 is 6.15. The van der Waals surface area contributed by atoms with Crippen molar-refractivity contribution in [3.05, 3.63) is 58.6 Å². The number of pyridine rings is 1. The highest BCUT2D eigenvalue weighted by Crippen LogP contribution is 2.39. The Morgan fingerprint density at radius 2 is 2.03 bits per heavy atom. The summed E-state index contributed by atoms with van der Waals surface area (Å²) in [7, 11) is 0. The minimum atomic E-state index is 0.277. The molecule has 0 amide bonds. The molecule has 0 saturated carbocycles. The highest BCUT2D eigenvalue weighted by Gasteiger charge is 2.30. The summed E-state index contributed by atoms with van der Waals surface area (Å²) in [6, 6.07) is 8.61. The van der Waals surface area contributed by atoms with Crippen molar-refractivity contribution in [2.45, 2.75) is 53.0 Å². The topological polar surface area (TPSA) is 64.0 Å². The molecule has 6 nitrogen and oxygen atoms in total. The number of aromatic nitrogens is 4. The summed E-state index contributed by atoms with van der Waals surface area (Å²) in [4.78, 5) is 22.2.